The Bertz CT molecular complexity index is 963. The van der Waals surface area contributed by atoms with Gasteiger partial charge in [-0.3, -0.25) is 18.0 Å². The molecule has 1 aliphatic rings. The molecule has 0 aliphatic carbocycles. The molecule has 1 aliphatic heterocycles. The summed E-state index contributed by atoms with van der Waals surface area (Å²) in [5, 5.41) is 19.9. The van der Waals surface area contributed by atoms with E-state index in [2.05, 4.69) is 18.1 Å². The summed E-state index contributed by atoms with van der Waals surface area (Å²) in [5.74, 6) is -0.145. The molecule has 1 aromatic rings. The molecule has 0 aromatic carbocycles. The van der Waals surface area contributed by atoms with Gasteiger partial charge in [0, 0.05) is 6.20 Å². The van der Waals surface area contributed by atoms with Crippen LogP contribution in [-0.2, 0) is 31.6 Å². The number of phosphoric ester groups is 1. The molecule has 2 heterocycles. The molecule has 17 nitrogen and oxygen atoms in total. The zero-order valence-electron chi connectivity index (χ0n) is 17.8. The van der Waals surface area contributed by atoms with Crippen molar-refractivity contribution < 1.29 is 180 Å². The second-order valence-corrected chi connectivity index (χ2v) is 9.64. The fourth-order valence-corrected chi connectivity index (χ4v) is 5.03. The van der Waals surface area contributed by atoms with Gasteiger partial charge < -0.3 is 49.3 Å². The van der Waals surface area contributed by atoms with Gasteiger partial charge in [-0.25, -0.2) is 9.11 Å². The van der Waals surface area contributed by atoms with Gasteiger partial charge in [0.2, 0.25) is 0 Å². The number of hydrogen-bond acceptors (Lipinski definition) is 16. The van der Waals surface area contributed by atoms with Crippen molar-refractivity contribution in [1.29, 1.82) is 0 Å². The van der Waals surface area contributed by atoms with Crippen LogP contribution in [0, 0.1) is 0 Å². The molecule has 1 saturated heterocycles. The predicted molar refractivity (Wildman–Crippen MR) is 79.8 cm³/mol. The maximum absolute atomic E-state index is 11.8. The summed E-state index contributed by atoms with van der Waals surface area (Å²) in [6.07, 6.45) is -5.66. The van der Waals surface area contributed by atoms with Gasteiger partial charge in [-0.1, -0.05) is 0 Å². The van der Waals surface area contributed by atoms with Gasteiger partial charge in [0.05, 0.1) is 14.4 Å². The van der Waals surface area contributed by atoms with Crippen LogP contribution in [0.15, 0.2) is 17.1 Å². The third kappa shape index (κ3) is 13.1. The van der Waals surface area contributed by atoms with Crippen LogP contribution in [-0.4, -0.2) is 44.7 Å². The molecule has 0 amide bonds. The maximum Gasteiger partial charge on any atom is 1.00 e. The van der Waals surface area contributed by atoms with Crippen LogP contribution >= 0.6 is 23.5 Å². The molecule has 33 heavy (non-hydrogen) atoms. The Balaban J connectivity index is -0.00000225. The molecular formula is C9H12N3Na4O14P3. The second-order valence-electron chi connectivity index (χ2n) is 5.39. The fourth-order valence-electron chi connectivity index (χ4n) is 2.16. The van der Waals surface area contributed by atoms with Gasteiger partial charge in [0.25, 0.3) is 15.6 Å². The molecule has 2 rings (SSSR count). The molecule has 6 atom stereocenters. The summed E-state index contributed by atoms with van der Waals surface area (Å²) < 4.78 is 49.1. The van der Waals surface area contributed by atoms with Crippen molar-refractivity contribution in [3.63, 3.8) is 0 Å². The molecule has 2 unspecified atom stereocenters. The first-order chi connectivity index (χ1) is 13.1. The van der Waals surface area contributed by atoms with Gasteiger partial charge in [0.1, 0.15) is 24.1 Å². The molecule has 24 heteroatoms. The number of rotatable bonds is 8. The Labute approximate surface area is 274 Å². The van der Waals surface area contributed by atoms with Crippen LogP contribution in [0.4, 0.5) is 5.82 Å². The molecule has 166 valence electrons. The number of aliphatic hydroxyl groups is 2. The Morgan fingerprint density at radius 1 is 1.03 bits per heavy atom. The summed E-state index contributed by atoms with van der Waals surface area (Å²) >= 11 is 0. The van der Waals surface area contributed by atoms with E-state index in [4.69, 9.17) is 10.5 Å². The molecular weight excluding hydrogens is 571 g/mol. The summed E-state index contributed by atoms with van der Waals surface area (Å²) in [6.45, 7) is -1.14. The van der Waals surface area contributed by atoms with E-state index in [9.17, 15) is 48.3 Å². The van der Waals surface area contributed by atoms with E-state index >= 15 is 0 Å². The smallest absolute Gasteiger partial charge is 0.790 e. The van der Waals surface area contributed by atoms with E-state index < -0.39 is 60.3 Å². The van der Waals surface area contributed by atoms with E-state index in [1.54, 1.807) is 0 Å². The zero-order valence-corrected chi connectivity index (χ0v) is 28.5. The van der Waals surface area contributed by atoms with E-state index in [0.717, 1.165) is 10.8 Å². The molecule has 4 N–H and O–H groups in total. The summed E-state index contributed by atoms with van der Waals surface area (Å²) in [6, 6.07) is 1.17. The van der Waals surface area contributed by atoms with E-state index in [-0.39, 0.29) is 124 Å². The van der Waals surface area contributed by atoms with Gasteiger partial charge >= 0.3 is 124 Å². The Morgan fingerprint density at radius 2 is 1.58 bits per heavy atom. The van der Waals surface area contributed by atoms with Crippen molar-refractivity contribution in [2.75, 3.05) is 12.3 Å². The zero-order chi connectivity index (χ0) is 22.2. The summed E-state index contributed by atoms with van der Waals surface area (Å²) in [7, 11) is -18.1. The van der Waals surface area contributed by atoms with Crippen LogP contribution in [0.5, 0.6) is 0 Å². The predicted octanol–water partition coefficient (Wildman–Crippen LogP) is -16.7. The minimum Gasteiger partial charge on any atom is -0.790 e. The van der Waals surface area contributed by atoms with Gasteiger partial charge in [-0.05, 0) is 6.07 Å². The molecule has 0 radical (unpaired) electrons. The van der Waals surface area contributed by atoms with Crippen LogP contribution in [0.2, 0.25) is 0 Å². The van der Waals surface area contributed by atoms with Crippen LogP contribution < -0.4 is 149 Å². The Morgan fingerprint density at radius 3 is 2.06 bits per heavy atom. The van der Waals surface area contributed by atoms with Crippen LogP contribution in [0.1, 0.15) is 6.23 Å². The number of hydrogen-bond donors (Lipinski definition) is 3. The largest absolute Gasteiger partial charge is 1.00 e. The first-order valence-corrected chi connectivity index (χ1v) is 11.6. The van der Waals surface area contributed by atoms with Crippen LogP contribution in [0.3, 0.4) is 0 Å². The minimum atomic E-state index is -6.15. The van der Waals surface area contributed by atoms with Crippen molar-refractivity contribution in [1.82, 2.24) is 9.55 Å². The normalized spacial score (nSPS) is 25.8. The topological polar surface area (TPSA) is 282 Å². The van der Waals surface area contributed by atoms with Crippen molar-refractivity contribution in [3.8, 4) is 0 Å². The molecule has 0 bridgehead atoms. The molecule has 1 fully saturated rings. The first-order valence-electron chi connectivity index (χ1n) is 7.18. The number of anilines is 1. The quantitative estimate of drug-likeness (QED) is 0.111. The van der Waals surface area contributed by atoms with Gasteiger partial charge in [-0.2, -0.15) is 4.98 Å². The maximum atomic E-state index is 11.8. The SMILES string of the molecule is [15NH2][13c]1[13cH][13cH][15n]([13C@@H]2O[13C@H]([13CH2]OP(=O)([O-])OP(=O)([O-])OP(=O)([O-])[O-])[13C@@H](O)[13C@H]2O)[13c](=O)[15n]1.[Na+].[Na+].[Na+].[Na+]. The second kappa shape index (κ2) is 16.2. The molecule has 0 saturated carbocycles. The van der Waals surface area contributed by atoms with Crippen molar-refractivity contribution in [3.05, 3.63) is 22.7 Å². The van der Waals surface area contributed by atoms with Crippen molar-refractivity contribution in [2.45, 2.75) is 24.5 Å². The summed E-state index contributed by atoms with van der Waals surface area (Å²) in [5.41, 5.74) is 4.34. The fraction of sp³-hybridized carbons (Fsp3) is 0.556. The van der Waals surface area contributed by atoms with Crippen molar-refractivity contribution in [2.24, 2.45) is 0 Å². The average molecular weight is 583 g/mol. The van der Waals surface area contributed by atoms with E-state index in [0.29, 0.717) is 0 Å². The van der Waals surface area contributed by atoms with Crippen molar-refractivity contribution >= 4 is 29.3 Å². The average Bonchev–Trinajstić information content (AvgIpc) is 2.78. The minimum absolute atomic E-state index is 0. The standard InChI is InChI=1S/C9H16N3O14P3.4Na/c10-5-1-2-12(9(15)11-5)8-7(14)6(13)4(24-8)3-23-28(19,20)26-29(21,22)25-27(16,17)18;;;;/h1-2,4,6-8,13-14H,3H2,(H,19,20)(H,21,22)(H2,10,11,15)(H2,16,17,18);;;;/q;4*+1/p-4/t4-,6-,7-,8-;;;;/m1..../s1/i1+1,2+1,3+1,4+1,5+1,6+1,7+1,8+1,9+1,10+1,11+1,12+1;;;;. The number of aliphatic hydroxyl groups excluding tert-OH is 2. The molecule has 0 spiro atoms. The molecule has 1 aromatic heterocycles. The number of nitrogens with zero attached hydrogens (tertiary/aromatic N) is 2. The van der Waals surface area contributed by atoms with Crippen LogP contribution in [0.25, 0.3) is 0 Å². The van der Waals surface area contributed by atoms with Gasteiger partial charge in [-0.15, -0.1) is 0 Å². The number of nitrogen functional groups attached to an aromatic ring is 1. The summed E-state index contributed by atoms with van der Waals surface area (Å²) in [4.78, 5) is 58.2. The first kappa shape index (κ1) is 40.5. The number of phosphoric acid groups is 3. The van der Waals surface area contributed by atoms with E-state index in [1.165, 1.54) is 6.07 Å². The third-order valence-electron chi connectivity index (χ3n) is 3.26. The number of nitrogens with two attached hydrogens (primary N) is 1. The number of aromatic nitrogens is 2. The third-order valence-corrected chi connectivity index (χ3v) is 6.93. The Kier molecular flexibility index (Phi) is 19.8. The number of ether oxygens (including phenoxy) is 1. The Hall–Kier alpha value is 2.97. The van der Waals surface area contributed by atoms with Gasteiger partial charge in [0.15, 0.2) is 6.23 Å². The monoisotopic (exact) mass is 583 g/mol. The van der Waals surface area contributed by atoms with E-state index in [1.807, 2.05) is 0 Å².